The number of nitrogens with zero attached hydrogens (tertiary/aromatic N) is 2. The van der Waals surface area contributed by atoms with Gasteiger partial charge in [0.1, 0.15) is 5.69 Å². The van der Waals surface area contributed by atoms with Crippen molar-refractivity contribution in [1.29, 1.82) is 0 Å². The molecule has 1 aliphatic rings. The van der Waals surface area contributed by atoms with Gasteiger partial charge in [-0.3, -0.25) is 0 Å². The van der Waals surface area contributed by atoms with Gasteiger partial charge >= 0.3 is 0 Å². The van der Waals surface area contributed by atoms with Crippen molar-refractivity contribution in [3.8, 4) is 56.3 Å². The van der Waals surface area contributed by atoms with Gasteiger partial charge in [0.25, 0.3) is 0 Å². The van der Waals surface area contributed by atoms with E-state index < -0.39 is 0 Å². The Hall–Kier alpha value is -6.71. The van der Waals surface area contributed by atoms with Gasteiger partial charge < -0.3 is 9.32 Å². The highest BCUT2D eigenvalue weighted by atomic mass is 16.4. The number of anilines is 3. The predicted octanol–water partition coefficient (Wildman–Crippen LogP) is 13.1. The van der Waals surface area contributed by atoms with Gasteiger partial charge in [-0.1, -0.05) is 133 Å². The van der Waals surface area contributed by atoms with Crippen molar-refractivity contribution in [2.24, 2.45) is 0 Å². The number of oxazole rings is 1. The van der Waals surface area contributed by atoms with Gasteiger partial charge in [-0.05, 0) is 86.9 Å². The molecule has 1 heterocycles. The summed E-state index contributed by atoms with van der Waals surface area (Å²) >= 11 is 0. The summed E-state index contributed by atoms with van der Waals surface area (Å²) in [5, 5.41) is 4.81. The summed E-state index contributed by atoms with van der Waals surface area (Å²) in [7, 11) is 0. The molecule has 0 radical (unpaired) electrons. The molecule has 0 saturated heterocycles. The van der Waals surface area contributed by atoms with E-state index in [9.17, 15) is 0 Å². The highest BCUT2D eigenvalue weighted by molar-refractivity contribution is 6.13. The van der Waals surface area contributed by atoms with Crippen molar-refractivity contribution in [1.82, 2.24) is 4.98 Å². The maximum absolute atomic E-state index is 6.57. The molecule has 0 aliphatic heterocycles. The molecule has 0 fully saturated rings. The van der Waals surface area contributed by atoms with E-state index in [4.69, 9.17) is 9.40 Å². The van der Waals surface area contributed by atoms with Gasteiger partial charge in [0.15, 0.2) is 5.76 Å². The fourth-order valence-electron chi connectivity index (χ4n) is 7.38. The van der Waals surface area contributed by atoms with E-state index >= 15 is 0 Å². The zero-order valence-electron chi connectivity index (χ0n) is 27.1. The maximum atomic E-state index is 6.57. The first-order valence-electron chi connectivity index (χ1n) is 17.0. The monoisotopic (exact) mass is 638 g/mol. The molecule has 0 unspecified atom stereocenters. The summed E-state index contributed by atoms with van der Waals surface area (Å²) in [5.41, 5.74) is 12.0. The van der Waals surface area contributed by atoms with Crippen molar-refractivity contribution in [3.63, 3.8) is 0 Å². The highest BCUT2D eigenvalue weighted by Gasteiger charge is 2.28. The number of hydrogen-bond acceptors (Lipinski definition) is 3. The van der Waals surface area contributed by atoms with Crippen molar-refractivity contribution >= 4 is 38.6 Å². The van der Waals surface area contributed by atoms with Crippen LogP contribution < -0.4 is 4.90 Å². The first kappa shape index (κ1) is 28.3. The SMILES string of the molecule is c1ccc(-c2ccc(N(c3cccc(-c4nc5c(o4)-c4cccc6cccc-5c46)c3)c3ccc4cc(-c5ccccc5)ccc4c3)cc2)cc1. The number of benzene rings is 8. The Bertz CT molecular complexity index is 2640. The zero-order chi connectivity index (χ0) is 33.0. The summed E-state index contributed by atoms with van der Waals surface area (Å²) in [4.78, 5) is 7.40. The molecule has 3 heteroatoms. The van der Waals surface area contributed by atoms with Crippen molar-refractivity contribution in [2.75, 3.05) is 4.90 Å². The Labute approximate surface area is 290 Å². The van der Waals surface area contributed by atoms with E-state index in [1.807, 2.05) is 0 Å². The zero-order valence-corrected chi connectivity index (χ0v) is 27.1. The third kappa shape index (κ3) is 4.71. The molecule has 0 amide bonds. The van der Waals surface area contributed by atoms with Crippen LogP contribution in [-0.4, -0.2) is 4.98 Å². The van der Waals surface area contributed by atoms with Gasteiger partial charge in [-0.15, -0.1) is 0 Å². The first-order valence-corrected chi connectivity index (χ1v) is 17.0. The van der Waals surface area contributed by atoms with Crippen molar-refractivity contribution in [2.45, 2.75) is 0 Å². The Morgan fingerprint density at radius 2 is 0.960 bits per heavy atom. The maximum Gasteiger partial charge on any atom is 0.227 e. The molecule has 1 aliphatic carbocycles. The predicted molar refractivity (Wildman–Crippen MR) is 207 cm³/mol. The number of aromatic nitrogens is 1. The number of rotatable bonds is 6. The second kappa shape index (κ2) is 11.5. The molecule has 0 N–H and O–H groups in total. The van der Waals surface area contributed by atoms with Crippen LogP contribution in [0, 0.1) is 0 Å². The first-order chi connectivity index (χ1) is 24.8. The lowest BCUT2D eigenvalue weighted by Crippen LogP contribution is -2.10. The van der Waals surface area contributed by atoms with E-state index in [1.165, 1.54) is 43.8 Å². The molecule has 234 valence electrons. The van der Waals surface area contributed by atoms with Crippen LogP contribution in [0.1, 0.15) is 0 Å². The summed E-state index contributed by atoms with van der Waals surface area (Å²) in [6.07, 6.45) is 0. The second-order valence-corrected chi connectivity index (χ2v) is 12.8. The molecule has 8 aromatic carbocycles. The van der Waals surface area contributed by atoms with E-state index in [0.717, 1.165) is 45.2 Å². The summed E-state index contributed by atoms with van der Waals surface area (Å²) < 4.78 is 6.57. The standard InChI is InChI=1S/C47H30N2O/c1-3-10-31(11-4-1)33-22-25-39(26-23-33)49(41-27-24-36-28-35(20-21-37(36)29-41)32-12-5-2-6-13-32)40-17-7-16-38(30-40)47-48-45-42-18-8-14-34-15-9-19-43(44(34)42)46(45)50-47/h1-30H. The Morgan fingerprint density at radius 1 is 0.380 bits per heavy atom. The van der Waals surface area contributed by atoms with Crippen LogP contribution in [0.4, 0.5) is 17.1 Å². The fourth-order valence-corrected chi connectivity index (χ4v) is 7.38. The summed E-state index contributed by atoms with van der Waals surface area (Å²) in [5.74, 6) is 1.46. The Morgan fingerprint density at radius 3 is 1.74 bits per heavy atom. The van der Waals surface area contributed by atoms with Crippen LogP contribution in [0.25, 0.3) is 77.8 Å². The molecule has 50 heavy (non-hydrogen) atoms. The van der Waals surface area contributed by atoms with Gasteiger partial charge in [0.2, 0.25) is 5.89 Å². The largest absolute Gasteiger partial charge is 0.435 e. The van der Waals surface area contributed by atoms with E-state index in [1.54, 1.807) is 0 Å². The van der Waals surface area contributed by atoms with Crippen LogP contribution in [0.2, 0.25) is 0 Å². The van der Waals surface area contributed by atoms with Crippen LogP contribution in [-0.2, 0) is 0 Å². The smallest absolute Gasteiger partial charge is 0.227 e. The Kier molecular flexibility index (Phi) is 6.49. The summed E-state index contributed by atoms with van der Waals surface area (Å²) in [6, 6.07) is 64.5. The number of hydrogen-bond donors (Lipinski definition) is 0. The molecular formula is C47H30N2O. The van der Waals surface area contributed by atoms with Crippen molar-refractivity contribution < 1.29 is 4.42 Å². The lowest BCUT2D eigenvalue weighted by Gasteiger charge is -2.26. The molecule has 0 bridgehead atoms. The van der Waals surface area contributed by atoms with Crippen LogP contribution in [0.3, 0.4) is 0 Å². The van der Waals surface area contributed by atoms with Gasteiger partial charge in [-0.25, -0.2) is 4.98 Å². The normalized spacial score (nSPS) is 11.6. The van der Waals surface area contributed by atoms with Gasteiger partial charge in [-0.2, -0.15) is 0 Å². The summed E-state index contributed by atoms with van der Waals surface area (Å²) in [6.45, 7) is 0. The van der Waals surface area contributed by atoms with E-state index in [2.05, 4.69) is 187 Å². The minimum absolute atomic E-state index is 0.620. The molecular weight excluding hydrogens is 609 g/mol. The van der Waals surface area contributed by atoms with E-state index in [0.29, 0.717) is 5.89 Å². The molecule has 3 nitrogen and oxygen atoms in total. The number of fused-ring (bicyclic) bond motifs is 4. The fraction of sp³-hybridized carbons (Fsp3) is 0. The van der Waals surface area contributed by atoms with Gasteiger partial charge in [0.05, 0.1) is 0 Å². The Balaban J connectivity index is 1.08. The molecule has 0 spiro atoms. The lowest BCUT2D eigenvalue weighted by molar-refractivity contribution is 0.590. The lowest BCUT2D eigenvalue weighted by atomic mass is 10.0. The third-order valence-electron chi connectivity index (χ3n) is 9.80. The minimum Gasteiger partial charge on any atom is -0.435 e. The topological polar surface area (TPSA) is 29.3 Å². The quantitative estimate of drug-likeness (QED) is 0.181. The average molecular weight is 639 g/mol. The minimum atomic E-state index is 0.620. The molecule has 0 saturated carbocycles. The molecule has 9 aromatic rings. The average Bonchev–Trinajstić information content (AvgIpc) is 3.76. The van der Waals surface area contributed by atoms with Gasteiger partial charge in [0, 0.05) is 39.1 Å². The van der Waals surface area contributed by atoms with Crippen LogP contribution in [0.15, 0.2) is 186 Å². The third-order valence-corrected chi connectivity index (χ3v) is 9.80. The van der Waals surface area contributed by atoms with E-state index in [-0.39, 0.29) is 0 Å². The molecule has 10 rings (SSSR count). The second-order valence-electron chi connectivity index (χ2n) is 12.8. The van der Waals surface area contributed by atoms with Crippen LogP contribution >= 0.6 is 0 Å². The van der Waals surface area contributed by atoms with Crippen molar-refractivity contribution in [3.05, 3.63) is 182 Å². The molecule has 1 aromatic heterocycles. The highest BCUT2D eigenvalue weighted by Crippen LogP contribution is 2.48. The molecule has 0 atom stereocenters. The van der Waals surface area contributed by atoms with Crippen LogP contribution in [0.5, 0.6) is 0 Å².